The average molecular weight is 521 g/mol. The fraction of sp³-hybridized carbons (Fsp3) is 0.385. The van der Waals surface area contributed by atoms with Crippen LogP contribution in [0.1, 0.15) is 39.2 Å². The third-order valence-corrected chi connectivity index (χ3v) is 5.53. The zero-order valence-corrected chi connectivity index (χ0v) is 20.9. The van der Waals surface area contributed by atoms with Crippen LogP contribution in [0.3, 0.4) is 0 Å². The molecule has 0 saturated heterocycles. The molecule has 1 aromatic heterocycles. The molecule has 0 aliphatic heterocycles. The zero-order valence-electron chi connectivity index (χ0n) is 20.9. The lowest BCUT2D eigenvalue weighted by Gasteiger charge is -2.21. The first-order valence-electron chi connectivity index (χ1n) is 11.8. The van der Waals surface area contributed by atoms with Gasteiger partial charge in [0.05, 0.1) is 6.54 Å². The number of aromatic nitrogens is 1. The van der Waals surface area contributed by atoms with E-state index in [1.54, 1.807) is 56.3 Å². The fourth-order valence-corrected chi connectivity index (χ4v) is 3.62. The van der Waals surface area contributed by atoms with Crippen LogP contribution in [0, 0.1) is 0 Å². The van der Waals surface area contributed by atoms with E-state index in [0.717, 1.165) is 5.57 Å². The quantitative estimate of drug-likeness (QED) is 0.321. The Kier molecular flexibility index (Phi) is 10.6. The molecular weight excluding hydrogens is 489 g/mol. The van der Waals surface area contributed by atoms with Gasteiger partial charge < -0.3 is 20.9 Å². The predicted octanol–water partition coefficient (Wildman–Crippen LogP) is 3.25. The van der Waals surface area contributed by atoms with Gasteiger partial charge in [0, 0.05) is 29.9 Å². The molecule has 1 aromatic carbocycles. The number of H-pyrrole nitrogens is 1. The number of rotatable bonds is 12. The van der Waals surface area contributed by atoms with E-state index in [0.29, 0.717) is 16.5 Å². The minimum atomic E-state index is -5.17. The summed E-state index contributed by atoms with van der Waals surface area (Å²) in [5, 5.41) is 7.63. The summed E-state index contributed by atoms with van der Waals surface area (Å²) in [7, 11) is 0. The van der Waals surface area contributed by atoms with E-state index in [1.165, 1.54) is 6.20 Å². The molecule has 4 N–H and O–H groups in total. The molecule has 3 amide bonds. The van der Waals surface area contributed by atoms with Crippen molar-refractivity contribution in [1.82, 2.24) is 20.9 Å². The number of Topliss-reactive ketones (excluding diaryl/α,β-unsaturated/α-hetero) is 1. The smallest absolute Gasteiger partial charge is 0.361 e. The van der Waals surface area contributed by atoms with Crippen molar-refractivity contribution in [2.45, 2.75) is 58.3 Å². The van der Waals surface area contributed by atoms with E-state index in [2.05, 4.69) is 20.9 Å². The van der Waals surface area contributed by atoms with Crippen LogP contribution in [0.25, 0.3) is 10.9 Å². The Morgan fingerprint density at radius 3 is 2.38 bits per heavy atom. The molecule has 2 aromatic rings. The number of nitrogens with one attached hydrogen (secondary N) is 4. The number of ketones is 1. The molecule has 2 rings (SSSR count). The summed E-state index contributed by atoms with van der Waals surface area (Å²) in [5.41, 5.74) is 1.88. The standard InChI is InChI=1S/C26H31F3N4O4/c1-4-6-9-16(3)12-21(33-22(34)5-2)25(37)31-15-23(35)32-20(24(36)26(27,28)29)13-17-14-30-19-11-8-7-10-18(17)19/h4,6-11,14,20-21,30H,5,12-13,15H2,1-3H3,(H,31,37)(H,32,35)(H,33,34)/b6-4-,16-9+. The zero-order chi connectivity index (χ0) is 27.6. The summed E-state index contributed by atoms with van der Waals surface area (Å²) in [6.07, 6.45) is 1.55. The number of halogens is 3. The molecule has 200 valence electrons. The highest BCUT2D eigenvalue weighted by Crippen LogP contribution is 2.23. The number of allylic oxidation sites excluding steroid dienone is 3. The van der Waals surface area contributed by atoms with Crippen molar-refractivity contribution in [1.29, 1.82) is 0 Å². The number of benzene rings is 1. The second-order valence-corrected chi connectivity index (χ2v) is 8.48. The van der Waals surface area contributed by atoms with Crippen molar-refractivity contribution in [3.8, 4) is 0 Å². The van der Waals surface area contributed by atoms with Gasteiger partial charge in [0.25, 0.3) is 5.78 Å². The normalized spacial score (nSPS) is 13.8. The van der Waals surface area contributed by atoms with Crippen LogP contribution in [0.4, 0.5) is 13.2 Å². The number of hydrogen-bond acceptors (Lipinski definition) is 4. The highest BCUT2D eigenvalue weighted by atomic mass is 19.4. The number of alkyl halides is 3. The maximum absolute atomic E-state index is 13.2. The minimum Gasteiger partial charge on any atom is -0.361 e. The Bertz CT molecular complexity index is 1180. The molecular formula is C26H31F3N4O4. The molecule has 1 heterocycles. The van der Waals surface area contributed by atoms with Crippen LogP contribution in [0.15, 0.2) is 54.3 Å². The summed E-state index contributed by atoms with van der Waals surface area (Å²) >= 11 is 0. The van der Waals surface area contributed by atoms with Gasteiger partial charge in [-0.25, -0.2) is 0 Å². The maximum Gasteiger partial charge on any atom is 0.452 e. The molecule has 0 aliphatic carbocycles. The van der Waals surface area contributed by atoms with E-state index in [1.807, 2.05) is 6.92 Å². The first kappa shape index (κ1) is 29.3. The molecule has 2 atom stereocenters. The molecule has 2 unspecified atom stereocenters. The monoisotopic (exact) mass is 520 g/mol. The van der Waals surface area contributed by atoms with E-state index < -0.39 is 48.8 Å². The Balaban J connectivity index is 2.11. The Labute approximate surface area is 212 Å². The lowest BCUT2D eigenvalue weighted by atomic mass is 10.0. The third kappa shape index (κ3) is 8.93. The van der Waals surface area contributed by atoms with Gasteiger partial charge in [-0.3, -0.25) is 19.2 Å². The van der Waals surface area contributed by atoms with Crippen molar-refractivity contribution in [2.24, 2.45) is 0 Å². The van der Waals surface area contributed by atoms with Crippen LogP contribution in [0.5, 0.6) is 0 Å². The molecule has 0 bridgehead atoms. The fourth-order valence-electron chi connectivity index (χ4n) is 3.62. The Morgan fingerprint density at radius 1 is 1.05 bits per heavy atom. The number of amides is 3. The van der Waals surface area contributed by atoms with Crippen LogP contribution in [-0.4, -0.2) is 53.3 Å². The van der Waals surface area contributed by atoms with E-state index >= 15 is 0 Å². The molecule has 0 spiro atoms. The van der Waals surface area contributed by atoms with Gasteiger partial charge in [0.1, 0.15) is 12.1 Å². The summed E-state index contributed by atoms with van der Waals surface area (Å²) in [6.45, 7) is 4.53. The molecule has 0 saturated carbocycles. The lowest BCUT2D eigenvalue weighted by molar-refractivity contribution is -0.173. The van der Waals surface area contributed by atoms with Gasteiger partial charge in [-0.1, -0.05) is 48.9 Å². The maximum atomic E-state index is 13.2. The molecule has 37 heavy (non-hydrogen) atoms. The molecule has 0 fully saturated rings. The number of hydrogen-bond donors (Lipinski definition) is 4. The van der Waals surface area contributed by atoms with E-state index in [9.17, 15) is 32.3 Å². The van der Waals surface area contributed by atoms with Gasteiger partial charge in [-0.05, 0) is 31.9 Å². The lowest BCUT2D eigenvalue weighted by Crippen LogP contribution is -2.52. The number of fused-ring (bicyclic) bond motifs is 1. The molecule has 11 heteroatoms. The summed E-state index contributed by atoms with van der Waals surface area (Å²) < 4.78 is 39.7. The molecule has 0 aliphatic rings. The van der Waals surface area contributed by atoms with E-state index in [4.69, 9.17) is 0 Å². The van der Waals surface area contributed by atoms with Crippen LogP contribution < -0.4 is 16.0 Å². The summed E-state index contributed by atoms with van der Waals surface area (Å²) in [4.78, 5) is 52.0. The Morgan fingerprint density at radius 2 is 1.73 bits per heavy atom. The summed E-state index contributed by atoms with van der Waals surface area (Å²) in [6, 6.07) is 4.01. The molecule has 8 nitrogen and oxygen atoms in total. The second-order valence-electron chi connectivity index (χ2n) is 8.48. The first-order chi connectivity index (χ1) is 17.5. The van der Waals surface area contributed by atoms with Crippen molar-refractivity contribution >= 4 is 34.4 Å². The van der Waals surface area contributed by atoms with Gasteiger partial charge in [0.15, 0.2) is 0 Å². The second kappa shape index (κ2) is 13.4. The van der Waals surface area contributed by atoms with Crippen LogP contribution >= 0.6 is 0 Å². The highest BCUT2D eigenvalue weighted by molar-refractivity contribution is 5.95. The van der Waals surface area contributed by atoms with Gasteiger partial charge in [0.2, 0.25) is 17.7 Å². The first-order valence-corrected chi connectivity index (χ1v) is 11.8. The highest BCUT2D eigenvalue weighted by Gasteiger charge is 2.44. The van der Waals surface area contributed by atoms with Gasteiger partial charge in [-0.15, -0.1) is 0 Å². The average Bonchev–Trinajstić information content (AvgIpc) is 3.26. The topological polar surface area (TPSA) is 120 Å². The molecule has 0 radical (unpaired) electrons. The number of carbonyl (C=O) groups is 4. The van der Waals surface area contributed by atoms with Gasteiger partial charge in [-0.2, -0.15) is 13.2 Å². The van der Waals surface area contributed by atoms with E-state index in [-0.39, 0.29) is 18.7 Å². The SMILES string of the molecule is C/C=C\C=C(/C)CC(NC(=O)CC)C(=O)NCC(=O)NC(Cc1c[nH]c2ccccc12)C(=O)C(F)(F)F. The van der Waals surface area contributed by atoms with Crippen molar-refractivity contribution in [2.75, 3.05) is 6.54 Å². The van der Waals surface area contributed by atoms with Gasteiger partial charge >= 0.3 is 6.18 Å². The number of aromatic amines is 1. The Hall–Kier alpha value is -3.89. The minimum absolute atomic E-state index is 0.136. The number of carbonyl (C=O) groups excluding carboxylic acids is 4. The number of para-hydroxylation sites is 1. The summed E-state index contributed by atoms with van der Waals surface area (Å²) in [5.74, 6) is -4.13. The largest absolute Gasteiger partial charge is 0.452 e. The van der Waals surface area contributed by atoms with Crippen molar-refractivity contribution in [3.63, 3.8) is 0 Å². The third-order valence-electron chi connectivity index (χ3n) is 5.53. The van der Waals surface area contributed by atoms with Crippen molar-refractivity contribution < 1.29 is 32.3 Å². The predicted molar refractivity (Wildman–Crippen MR) is 133 cm³/mol. The van der Waals surface area contributed by atoms with Crippen LogP contribution in [0.2, 0.25) is 0 Å². The van der Waals surface area contributed by atoms with Crippen LogP contribution in [-0.2, 0) is 25.6 Å². The van der Waals surface area contributed by atoms with Crippen molar-refractivity contribution in [3.05, 3.63) is 59.8 Å².